The molecule has 3 nitrogen and oxygen atoms in total. The Kier molecular flexibility index (Phi) is 3.77. The maximum Gasteiger partial charge on any atom is 0.239 e. The normalized spacial score (nSPS) is 12.2. The summed E-state index contributed by atoms with van der Waals surface area (Å²) in [5.74, 6) is -0.416. The first-order valence-electron chi connectivity index (χ1n) is 4.01. The predicted octanol–water partition coefficient (Wildman–Crippen LogP) is 2.39. The highest BCUT2D eigenvalue weighted by molar-refractivity contribution is 9.10. The van der Waals surface area contributed by atoms with E-state index < -0.39 is 11.9 Å². The lowest BCUT2D eigenvalue weighted by atomic mass is 10.2. The molecule has 0 bridgehead atoms. The van der Waals surface area contributed by atoms with Gasteiger partial charge in [-0.3, -0.25) is 4.79 Å². The van der Waals surface area contributed by atoms with Gasteiger partial charge in [-0.05, 0) is 25.1 Å². The van der Waals surface area contributed by atoms with Gasteiger partial charge in [0.1, 0.15) is 6.04 Å². The van der Waals surface area contributed by atoms with E-state index in [4.69, 9.17) is 17.3 Å². The van der Waals surface area contributed by atoms with Gasteiger partial charge in [-0.15, -0.1) is 0 Å². The van der Waals surface area contributed by atoms with E-state index >= 15 is 0 Å². The molecule has 0 fully saturated rings. The minimum absolute atomic E-state index is 0.416. The second-order valence-corrected chi connectivity index (χ2v) is 4.22. The van der Waals surface area contributed by atoms with Gasteiger partial charge in [0.05, 0.1) is 10.7 Å². The van der Waals surface area contributed by atoms with E-state index in [2.05, 4.69) is 21.2 Å². The molecule has 0 spiro atoms. The van der Waals surface area contributed by atoms with Crippen LogP contribution in [0, 0.1) is 0 Å². The minimum atomic E-state index is -0.443. The summed E-state index contributed by atoms with van der Waals surface area (Å²) < 4.78 is 0.890. The van der Waals surface area contributed by atoms with Crippen molar-refractivity contribution in [2.75, 3.05) is 5.32 Å². The Morgan fingerprint density at radius 2 is 2.29 bits per heavy atom. The number of hydrogen-bond acceptors (Lipinski definition) is 2. The number of carbonyl (C=O) groups excluding carboxylic acids is 1. The molecule has 76 valence electrons. The van der Waals surface area contributed by atoms with Crippen LogP contribution in [-0.2, 0) is 4.79 Å². The molecule has 5 heteroatoms. The standard InChI is InChI=1S/C9H10BrClN2O/c1-5(9(12)14)13-8-4-6(10)2-3-7(8)11/h2-5,13H,1H3,(H2,12,14). The second kappa shape index (κ2) is 4.66. The Morgan fingerprint density at radius 3 is 2.86 bits per heavy atom. The average molecular weight is 278 g/mol. The number of halogens is 2. The summed E-state index contributed by atoms with van der Waals surface area (Å²) in [5, 5.41) is 3.47. The molecule has 1 aromatic rings. The van der Waals surface area contributed by atoms with Crippen molar-refractivity contribution in [1.29, 1.82) is 0 Å². The van der Waals surface area contributed by atoms with Crippen molar-refractivity contribution in [1.82, 2.24) is 0 Å². The van der Waals surface area contributed by atoms with Gasteiger partial charge in [0, 0.05) is 4.47 Å². The number of hydrogen-bond donors (Lipinski definition) is 2. The van der Waals surface area contributed by atoms with Crippen LogP contribution in [0.4, 0.5) is 5.69 Å². The summed E-state index contributed by atoms with van der Waals surface area (Å²) in [6.45, 7) is 1.68. The fourth-order valence-electron chi connectivity index (χ4n) is 0.912. The van der Waals surface area contributed by atoms with Crippen LogP contribution in [0.25, 0.3) is 0 Å². The molecule has 0 radical (unpaired) electrons. The summed E-state index contributed by atoms with van der Waals surface area (Å²) in [6.07, 6.45) is 0. The fraction of sp³-hybridized carbons (Fsp3) is 0.222. The third-order valence-electron chi connectivity index (χ3n) is 1.73. The van der Waals surface area contributed by atoms with Crippen molar-refractivity contribution < 1.29 is 4.79 Å². The molecule has 1 unspecified atom stereocenters. The van der Waals surface area contributed by atoms with E-state index in [-0.39, 0.29) is 0 Å². The number of nitrogens with two attached hydrogens (primary N) is 1. The molecule has 0 heterocycles. The summed E-state index contributed by atoms with van der Waals surface area (Å²) in [5.41, 5.74) is 5.80. The Morgan fingerprint density at radius 1 is 1.64 bits per heavy atom. The smallest absolute Gasteiger partial charge is 0.239 e. The molecule has 14 heavy (non-hydrogen) atoms. The minimum Gasteiger partial charge on any atom is -0.373 e. The molecule has 0 aromatic heterocycles. The highest BCUT2D eigenvalue weighted by Gasteiger charge is 2.09. The lowest BCUT2D eigenvalue weighted by Gasteiger charge is -2.13. The third kappa shape index (κ3) is 2.89. The van der Waals surface area contributed by atoms with Gasteiger partial charge in [0.15, 0.2) is 0 Å². The van der Waals surface area contributed by atoms with Gasteiger partial charge in [0.2, 0.25) is 5.91 Å². The molecule has 1 amide bonds. The van der Waals surface area contributed by atoms with E-state index in [0.29, 0.717) is 10.7 Å². The zero-order valence-electron chi connectivity index (χ0n) is 7.55. The molecule has 1 atom stereocenters. The van der Waals surface area contributed by atoms with Crippen molar-refractivity contribution in [2.45, 2.75) is 13.0 Å². The number of benzene rings is 1. The van der Waals surface area contributed by atoms with Crippen LogP contribution in [-0.4, -0.2) is 11.9 Å². The van der Waals surface area contributed by atoms with Crippen molar-refractivity contribution in [3.8, 4) is 0 Å². The first-order chi connectivity index (χ1) is 6.50. The van der Waals surface area contributed by atoms with Crippen LogP contribution in [0.5, 0.6) is 0 Å². The molecule has 1 aromatic carbocycles. The van der Waals surface area contributed by atoms with Crippen LogP contribution in [0.15, 0.2) is 22.7 Å². The number of nitrogens with one attached hydrogen (secondary N) is 1. The molecule has 1 rings (SSSR count). The van der Waals surface area contributed by atoms with Gasteiger partial charge in [-0.2, -0.15) is 0 Å². The lowest BCUT2D eigenvalue weighted by Crippen LogP contribution is -2.32. The summed E-state index contributed by atoms with van der Waals surface area (Å²) in [4.78, 5) is 10.8. The van der Waals surface area contributed by atoms with E-state index in [1.54, 1.807) is 19.1 Å². The van der Waals surface area contributed by atoms with Gasteiger partial charge in [-0.25, -0.2) is 0 Å². The first kappa shape index (κ1) is 11.3. The van der Waals surface area contributed by atoms with Gasteiger partial charge < -0.3 is 11.1 Å². The maximum atomic E-state index is 10.8. The second-order valence-electron chi connectivity index (χ2n) is 2.89. The Labute approximate surface area is 95.7 Å². The van der Waals surface area contributed by atoms with Gasteiger partial charge in [-0.1, -0.05) is 27.5 Å². The van der Waals surface area contributed by atoms with Crippen LogP contribution in [0.3, 0.4) is 0 Å². The molecular weight excluding hydrogens is 267 g/mol. The molecule has 3 N–H and O–H groups in total. The monoisotopic (exact) mass is 276 g/mol. The quantitative estimate of drug-likeness (QED) is 0.891. The zero-order chi connectivity index (χ0) is 10.7. The zero-order valence-corrected chi connectivity index (χ0v) is 9.89. The van der Waals surface area contributed by atoms with Crippen LogP contribution < -0.4 is 11.1 Å². The van der Waals surface area contributed by atoms with E-state index in [1.807, 2.05) is 6.07 Å². The summed E-state index contributed by atoms with van der Waals surface area (Å²) >= 11 is 9.22. The van der Waals surface area contributed by atoms with E-state index in [1.165, 1.54) is 0 Å². The molecule has 0 aliphatic heterocycles. The van der Waals surface area contributed by atoms with Crippen molar-refractivity contribution >= 4 is 39.1 Å². The van der Waals surface area contributed by atoms with Crippen molar-refractivity contribution in [3.05, 3.63) is 27.7 Å². The molecular formula is C9H10BrClN2O. The number of primary amides is 1. The Bertz CT molecular complexity index is 357. The van der Waals surface area contributed by atoms with Crippen LogP contribution >= 0.6 is 27.5 Å². The molecule has 0 saturated carbocycles. The molecule has 0 saturated heterocycles. The predicted molar refractivity (Wildman–Crippen MR) is 61.4 cm³/mol. The molecule has 0 aliphatic rings. The highest BCUT2D eigenvalue weighted by Crippen LogP contribution is 2.26. The van der Waals surface area contributed by atoms with Gasteiger partial charge in [0.25, 0.3) is 0 Å². The Hall–Kier alpha value is -0.740. The van der Waals surface area contributed by atoms with Crippen molar-refractivity contribution in [2.24, 2.45) is 5.73 Å². The first-order valence-corrected chi connectivity index (χ1v) is 5.18. The number of carbonyl (C=O) groups is 1. The number of anilines is 1. The fourth-order valence-corrected chi connectivity index (χ4v) is 1.45. The maximum absolute atomic E-state index is 10.8. The number of rotatable bonds is 3. The molecule has 0 aliphatic carbocycles. The van der Waals surface area contributed by atoms with Crippen molar-refractivity contribution in [3.63, 3.8) is 0 Å². The lowest BCUT2D eigenvalue weighted by molar-refractivity contribution is -0.118. The van der Waals surface area contributed by atoms with Gasteiger partial charge >= 0.3 is 0 Å². The Balaban J connectivity index is 2.85. The topological polar surface area (TPSA) is 55.1 Å². The summed E-state index contributed by atoms with van der Waals surface area (Å²) in [6, 6.07) is 4.91. The van der Waals surface area contributed by atoms with Crippen LogP contribution in [0.2, 0.25) is 5.02 Å². The third-order valence-corrected chi connectivity index (χ3v) is 2.55. The number of amides is 1. The highest BCUT2D eigenvalue weighted by atomic mass is 79.9. The SMILES string of the molecule is CC(Nc1cc(Br)ccc1Cl)C(N)=O. The van der Waals surface area contributed by atoms with Crippen LogP contribution in [0.1, 0.15) is 6.92 Å². The average Bonchev–Trinajstić information content (AvgIpc) is 2.11. The summed E-state index contributed by atoms with van der Waals surface area (Å²) in [7, 11) is 0. The van der Waals surface area contributed by atoms with E-state index in [0.717, 1.165) is 4.47 Å². The van der Waals surface area contributed by atoms with E-state index in [9.17, 15) is 4.79 Å². The largest absolute Gasteiger partial charge is 0.373 e.